The maximum absolute atomic E-state index is 11.4. The molecule has 4 nitrogen and oxygen atoms in total. The molecule has 1 fully saturated rings. The Morgan fingerprint density at radius 1 is 1.28 bits per heavy atom. The molecule has 3 rings (SSSR count). The molecule has 0 radical (unpaired) electrons. The molecule has 0 aromatic heterocycles. The minimum atomic E-state index is 0.0441. The van der Waals surface area contributed by atoms with Crippen molar-refractivity contribution < 1.29 is 9.53 Å². The van der Waals surface area contributed by atoms with Crippen LogP contribution in [0.5, 0.6) is 0 Å². The summed E-state index contributed by atoms with van der Waals surface area (Å²) < 4.78 is 5.40. The average Bonchev–Trinajstić information content (AvgIpc) is 3.03. The summed E-state index contributed by atoms with van der Waals surface area (Å²) in [5.41, 5.74) is 2.87. The third kappa shape index (κ3) is 2.14. The van der Waals surface area contributed by atoms with Crippen LogP contribution < -0.4 is 5.32 Å². The Balaban J connectivity index is 1.81. The first kappa shape index (κ1) is 11.0. The number of carbonyl (C=O) groups excluding carboxylic acids is 1. The zero-order chi connectivity index (χ0) is 12.4. The van der Waals surface area contributed by atoms with Crippen LogP contribution in [0.2, 0.25) is 0 Å². The number of rotatable bonds is 2. The van der Waals surface area contributed by atoms with E-state index < -0.39 is 0 Å². The molecule has 1 aromatic rings. The smallest absolute Gasteiger partial charge is 0.247 e. The number of aliphatic imine (C=N–C) groups is 1. The SMILES string of the molecule is O=C1NCCC1=Cc1ccc(C2=NCCO2)cc1. The lowest BCUT2D eigenvalue weighted by atomic mass is 10.1. The van der Waals surface area contributed by atoms with Crippen molar-refractivity contribution in [3.8, 4) is 0 Å². The summed E-state index contributed by atoms with van der Waals surface area (Å²) in [6, 6.07) is 7.92. The van der Waals surface area contributed by atoms with Crippen LogP contribution in [-0.2, 0) is 9.53 Å². The predicted molar refractivity (Wildman–Crippen MR) is 69.4 cm³/mol. The van der Waals surface area contributed by atoms with Gasteiger partial charge in [0.2, 0.25) is 11.8 Å². The highest BCUT2D eigenvalue weighted by Gasteiger charge is 2.15. The third-order valence-corrected chi connectivity index (χ3v) is 3.06. The van der Waals surface area contributed by atoms with Crippen molar-refractivity contribution in [2.75, 3.05) is 19.7 Å². The van der Waals surface area contributed by atoms with Gasteiger partial charge in [-0.3, -0.25) is 4.79 Å². The van der Waals surface area contributed by atoms with E-state index in [-0.39, 0.29) is 5.91 Å². The normalized spacial score (nSPS) is 20.8. The van der Waals surface area contributed by atoms with E-state index in [1.54, 1.807) is 0 Å². The first-order chi connectivity index (χ1) is 8.83. The van der Waals surface area contributed by atoms with Crippen LogP contribution in [-0.4, -0.2) is 31.5 Å². The molecule has 0 saturated carbocycles. The van der Waals surface area contributed by atoms with E-state index in [2.05, 4.69) is 10.3 Å². The Morgan fingerprint density at radius 3 is 2.72 bits per heavy atom. The zero-order valence-electron chi connectivity index (χ0n) is 9.98. The second-order valence-electron chi connectivity index (χ2n) is 4.33. The Bertz CT molecular complexity index is 529. The van der Waals surface area contributed by atoms with Crippen molar-refractivity contribution in [1.29, 1.82) is 0 Å². The fraction of sp³-hybridized carbons (Fsp3) is 0.286. The maximum Gasteiger partial charge on any atom is 0.247 e. The van der Waals surface area contributed by atoms with E-state index in [4.69, 9.17) is 4.74 Å². The fourth-order valence-corrected chi connectivity index (χ4v) is 2.11. The Hall–Kier alpha value is -2.10. The van der Waals surface area contributed by atoms with E-state index in [1.807, 2.05) is 30.3 Å². The van der Waals surface area contributed by atoms with Crippen molar-refractivity contribution in [3.05, 3.63) is 41.0 Å². The molecule has 2 aliphatic heterocycles. The fourth-order valence-electron chi connectivity index (χ4n) is 2.11. The first-order valence-electron chi connectivity index (χ1n) is 6.09. The second-order valence-corrected chi connectivity index (χ2v) is 4.33. The molecule has 92 valence electrons. The topological polar surface area (TPSA) is 50.7 Å². The number of nitrogens with one attached hydrogen (secondary N) is 1. The Kier molecular flexibility index (Phi) is 2.84. The molecular weight excluding hydrogens is 228 g/mol. The maximum atomic E-state index is 11.4. The molecule has 1 aromatic carbocycles. The van der Waals surface area contributed by atoms with Gasteiger partial charge in [-0.25, -0.2) is 4.99 Å². The largest absolute Gasteiger partial charge is 0.476 e. The Morgan fingerprint density at radius 2 is 2.11 bits per heavy atom. The summed E-state index contributed by atoms with van der Waals surface area (Å²) in [5, 5.41) is 2.80. The highest BCUT2D eigenvalue weighted by atomic mass is 16.5. The average molecular weight is 242 g/mol. The quantitative estimate of drug-likeness (QED) is 0.796. The summed E-state index contributed by atoms with van der Waals surface area (Å²) in [7, 11) is 0. The molecule has 18 heavy (non-hydrogen) atoms. The van der Waals surface area contributed by atoms with Crippen LogP contribution in [0.25, 0.3) is 6.08 Å². The first-order valence-corrected chi connectivity index (χ1v) is 6.09. The van der Waals surface area contributed by atoms with Gasteiger partial charge in [-0.2, -0.15) is 0 Å². The summed E-state index contributed by atoms with van der Waals surface area (Å²) in [5.74, 6) is 0.760. The molecule has 1 N–H and O–H groups in total. The lowest BCUT2D eigenvalue weighted by Crippen LogP contribution is -2.13. The minimum Gasteiger partial charge on any atom is -0.476 e. The second kappa shape index (κ2) is 4.64. The molecular formula is C14H14N2O2. The number of benzene rings is 1. The highest BCUT2D eigenvalue weighted by Crippen LogP contribution is 2.15. The molecule has 4 heteroatoms. The number of hydrogen-bond acceptors (Lipinski definition) is 3. The lowest BCUT2D eigenvalue weighted by molar-refractivity contribution is -0.116. The van der Waals surface area contributed by atoms with Gasteiger partial charge in [0, 0.05) is 17.7 Å². The Labute approximate surface area is 105 Å². The van der Waals surface area contributed by atoms with E-state index in [0.29, 0.717) is 12.5 Å². The molecule has 0 unspecified atom stereocenters. The highest BCUT2D eigenvalue weighted by molar-refractivity contribution is 6.00. The predicted octanol–water partition coefficient (Wildman–Crippen LogP) is 1.37. The summed E-state index contributed by atoms with van der Waals surface area (Å²) in [6.45, 7) is 2.15. The summed E-state index contributed by atoms with van der Waals surface area (Å²) in [6.07, 6.45) is 2.74. The molecule has 1 amide bonds. The van der Waals surface area contributed by atoms with Gasteiger partial charge in [0.05, 0.1) is 6.54 Å². The number of hydrogen-bond donors (Lipinski definition) is 1. The third-order valence-electron chi connectivity index (χ3n) is 3.06. The van der Waals surface area contributed by atoms with Gasteiger partial charge in [-0.1, -0.05) is 12.1 Å². The lowest BCUT2D eigenvalue weighted by Gasteiger charge is -2.02. The summed E-state index contributed by atoms with van der Waals surface area (Å²) in [4.78, 5) is 15.7. The van der Waals surface area contributed by atoms with Crippen LogP contribution in [0.4, 0.5) is 0 Å². The van der Waals surface area contributed by atoms with Crippen molar-refractivity contribution in [2.45, 2.75) is 6.42 Å². The van der Waals surface area contributed by atoms with Gasteiger partial charge in [0.1, 0.15) is 6.61 Å². The number of ether oxygens (including phenoxy) is 1. The van der Waals surface area contributed by atoms with Crippen LogP contribution in [0.3, 0.4) is 0 Å². The van der Waals surface area contributed by atoms with Gasteiger partial charge in [-0.15, -0.1) is 0 Å². The van der Waals surface area contributed by atoms with Crippen molar-refractivity contribution in [2.24, 2.45) is 4.99 Å². The molecule has 0 spiro atoms. The van der Waals surface area contributed by atoms with E-state index in [0.717, 1.165) is 36.2 Å². The van der Waals surface area contributed by atoms with Crippen molar-refractivity contribution in [3.63, 3.8) is 0 Å². The van der Waals surface area contributed by atoms with Crippen LogP contribution in [0.15, 0.2) is 34.8 Å². The minimum absolute atomic E-state index is 0.0441. The zero-order valence-corrected chi connectivity index (χ0v) is 9.98. The molecule has 2 aliphatic rings. The van der Waals surface area contributed by atoms with E-state index in [1.165, 1.54) is 0 Å². The summed E-state index contributed by atoms with van der Waals surface area (Å²) >= 11 is 0. The van der Waals surface area contributed by atoms with Crippen LogP contribution >= 0.6 is 0 Å². The van der Waals surface area contributed by atoms with E-state index in [9.17, 15) is 4.79 Å². The van der Waals surface area contributed by atoms with Crippen molar-refractivity contribution in [1.82, 2.24) is 5.32 Å². The van der Waals surface area contributed by atoms with E-state index >= 15 is 0 Å². The molecule has 0 aliphatic carbocycles. The monoisotopic (exact) mass is 242 g/mol. The number of nitrogens with zero attached hydrogens (tertiary/aromatic N) is 1. The van der Waals surface area contributed by atoms with Crippen LogP contribution in [0.1, 0.15) is 17.5 Å². The van der Waals surface area contributed by atoms with Crippen molar-refractivity contribution >= 4 is 17.9 Å². The van der Waals surface area contributed by atoms with Crippen LogP contribution in [0, 0.1) is 0 Å². The van der Waals surface area contributed by atoms with Gasteiger partial charge >= 0.3 is 0 Å². The van der Waals surface area contributed by atoms with Gasteiger partial charge in [-0.05, 0) is 30.2 Å². The molecule has 2 heterocycles. The number of carbonyl (C=O) groups is 1. The molecule has 0 atom stereocenters. The standard InChI is InChI=1S/C14H14N2O2/c17-13-12(5-6-15-13)9-10-1-3-11(4-2-10)14-16-7-8-18-14/h1-4,9H,5-8H2,(H,15,17). The molecule has 1 saturated heterocycles. The van der Waals surface area contributed by atoms with Gasteiger partial charge < -0.3 is 10.1 Å². The van der Waals surface area contributed by atoms with Gasteiger partial charge in [0.15, 0.2) is 0 Å². The van der Waals surface area contributed by atoms with Gasteiger partial charge in [0.25, 0.3) is 0 Å². The number of amides is 1. The molecule has 0 bridgehead atoms.